The number of rotatable bonds is 2. The molecule has 0 atom stereocenters. The van der Waals surface area contributed by atoms with Gasteiger partial charge in [-0.1, -0.05) is 18.2 Å². The summed E-state index contributed by atoms with van der Waals surface area (Å²) in [4.78, 5) is 4.40. The highest BCUT2D eigenvalue weighted by atomic mass is 16.5. The number of hydrogen-bond acceptors (Lipinski definition) is 2. The molecular formula is C15H14N2O. The molecule has 0 aliphatic heterocycles. The zero-order valence-electron chi connectivity index (χ0n) is 10.4. The second-order valence-corrected chi connectivity index (χ2v) is 4.23. The zero-order valence-corrected chi connectivity index (χ0v) is 10.4. The van der Waals surface area contributed by atoms with E-state index in [2.05, 4.69) is 23.3 Å². The van der Waals surface area contributed by atoms with Gasteiger partial charge < -0.3 is 9.30 Å². The van der Waals surface area contributed by atoms with E-state index >= 15 is 0 Å². The number of nitrogens with zero attached hydrogens (tertiary/aromatic N) is 2. The lowest BCUT2D eigenvalue weighted by Crippen LogP contribution is -1.86. The minimum absolute atomic E-state index is 0.883. The molecule has 3 aromatic rings. The van der Waals surface area contributed by atoms with E-state index in [-0.39, 0.29) is 0 Å². The molecule has 0 unspecified atom stereocenters. The quantitative estimate of drug-likeness (QED) is 0.685. The van der Waals surface area contributed by atoms with Crippen LogP contribution >= 0.6 is 0 Å². The highest BCUT2D eigenvalue weighted by molar-refractivity contribution is 5.95. The van der Waals surface area contributed by atoms with Crippen molar-refractivity contribution in [1.29, 1.82) is 0 Å². The molecule has 90 valence electrons. The van der Waals surface area contributed by atoms with E-state index in [1.165, 1.54) is 0 Å². The summed E-state index contributed by atoms with van der Waals surface area (Å²) in [6, 6.07) is 12.1. The fourth-order valence-electron chi connectivity index (χ4n) is 2.29. The molecule has 3 nitrogen and oxygen atoms in total. The molecule has 0 aliphatic carbocycles. The summed E-state index contributed by atoms with van der Waals surface area (Å²) in [7, 11) is 3.70. The second-order valence-electron chi connectivity index (χ2n) is 4.23. The largest absolute Gasteiger partial charge is 0.496 e. The predicted octanol–water partition coefficient (Wildman–Crippen LogP) is 3.25. The van der Waals surface area contributed by atoms with Crippen LogP contribution in [0.15, 0.2) is 48.8 Å². The summed E-state index contributed by atoms with van der Waals surface area (Å²) in [5.74, 6) is 0.883. The van der Waals surface area contributed by atoms with Crippen LogP contribution in [0.3, 0.4) is 0 Å². The van der Waals surface area contributed by atoms with Gasteiger partial charge in [-0.3, -0.25) is 0 Å². The van der Waals surface area contributed by atoms with Crippen molar-refractivity contribution < 1.29 is 4.74 Å². The maximum atomic E-state index is 5.43. The smallest absolute Gasteiger partial charge is 0.140 e. The fourth-order valence-corrected chi connectivity index (χ4v) is 2.29. The Bertz CT molecular complexity index is 701. The van der Waals surface area contributed by atoms with Crippen molar-refractivity contribution in [1.82, 2.24) is 9.55 Å². The first kappa shape index (κ1) is 10.8. The van der Waals surface area contributed by atoms with E-state index in [9.17, 15) is 0 Å². The first-order chi connectivity index (χ1) is 8.81. The van der Waals surface area contributed by atoms with Crippen molar-refractivity contribution in [2.45, 2.75) is 0 Å². The van der Waals surface area contributed by atoms with E-state index in [1.54, 1.807) is 7.11 Å². The van der Waals surface area contributed by atoms with Gasteiger partial charge in [-0.15, -0.1) is 0 Å². The Morgan fingerprint density at radius 2 is 1.89 bits per heavy atom. The zero-order chi connectivity index (χ0) is 12.5. The molecule has 0 radical (unpaired) electrons. The molecular weight excluding hydrogens is 224 g/mol. The number of benzene rings is 1. The van der Waals surface area contributed by atoms with Crippen LogP contribution < -0.4 is 4.74 Å². The van der Waals surface area contributed by atoms with Crippen molar-refractivity contribution >= 4 is 11.0 Å². The normalized spacial score (nSPS) is 10.8. The Morgan fingerprint density at radius 3 is 2.72 bits per heavy atom. The van der Waals surface area contributed by atoms with Crippen LogP contribution in [-0.4, -0.2) is 16.7 Å². The Balaban J connectivity index is 2.32. The van der Waals surface area contributed by atoms with Crippen LogP contribution in [0.2, 0.25) is 0 Å². The molecule has 0 N–H and O–H groups in total. The average molecular weight is 238 g/mol. The summed E-state index contributed by atoms with van der Waals surface area (Å²) in [6.45, 7) is 0. The number of methoxy groups -OCH3 is 1. The van der Waals surface area contributed by atoms with Gasteiger partial charge >= 0.3 is 0 Å². The van der Waals surface area contributed by atoms with Gasteiger partial charge in [0.15, 0.2) is 0 Å². The van der Waals surface area contributed by atoms with Gasteiger partial charge in [0, 0.05) is 36.0 Å². The highest BCUT2D eigenvalue weighted by Crippen LogP contribution is 2.34. The molecule has 3 rings (SSSR count). The van der Waals surface area contributed by atoms with Crippen LogP contribution in [0.4, 0.5) is 0 Å². The molecule has 0 saturated carbocycles. The molecule has 3 heteroatoms. The van der Waals surface area contributed by atoms with Gasteiger partial charge in [0.2, 0.25) is 0 Å². The maximum Gasteiger partial charge on any atom is 0.140 e. The molecule has 0 spiro atoms. The van der Waals surface area contributed by atoms with Crippen molar-refractivity contribution in [3.05, 3.63) is 48.8 Å². The number of ether oxygens (including phenoxy) is 1. The van der Waals surface area contributed by atoms with E-state index in [0.717, 1.165) is 27.9 Å². The molecule has 0 bridgehead atoms. The lowest BCUT2D eigenvalue weighted by Gasteiger charge is -2.06. The Hall–Kier alpha value is -2.29. The number of pyridine rings is 1. The number of hydrogen-bond donors (Lipinski definition) is 0. The Kier molecular flexibility index (Phi) is 2.52. The van der Waals surface area contributed by atoms with Crippen molar-refractivity contribution in [2.24, 2.45) is 7.05 Å². The SMILES string of the molecule is COc1ccccc1-c1cn(C)c2ncccc12. The number of para-hydroxylation sites is 1. The summed E-state index contributed by atoms with van der Waals surface area (Å²) < 4.78 is 7.47. The predicted molar refractivity (Wildman–Crippen MR) is 72.7 cm³/mol. The van der Waals surface area contributed by atoms with E-state index in [4.69, 9.17) is 4.74 Å². The summed E-state index contributed by atoms with van der Waals surface area (Å²) in [6.07, 6.45) is 3.91. The third kappa shape index (κ3) is 1.56. The van der Waals surface area contributed by atoms with E-state index < -0.39 is 0 Å². The van der Waals surface area contributed by atoms with Gasteiger partial charge in [0.1, 0.15) is 11.4 Å². The molecule has 1 aromatic carbocycles. The average Bonchev–Trinajstić information content (AvgIpc) is 2.77. The molecule has 0 saturated heterocycles. The van der Waals surface area contributed by atoms with Crippen LogP contribution in [0.1, 0.15) is 0 Å². The van der Waals surface area contributed by atoms with Crippen LogP contribution in [-0.2, 0) is 7.05 Å². The Labute approximate surface area is 106 Å². The second kappa shape index (κ2) is 4.18. The molecule has 2 aromatic heterocycles. The maximum absolute atomic E-state index is 5.43. The third-order valence-corrected chi connectivity index (χ3v) is 3.13. The van der Waals surface area contributed by atoms with Crippen LogP contribution in [0, 0.1) is 0 Å². The number of fused-ring (bicyclic) bond motifs is 1. The van der Waals surface area contributed by atoms with E-state index in [1.807, 2.05) is 42.1 Å². The van der Waals surface area contributed by atoms with Crippen LogP contribution in [0.25, 0.3) is 22.2 Å². The van der Waals surface area contributed by atoms with E-state index in [0.29, 0.717) is 0 Å². The molecule has 0 aliphatic rings. The monoisotopic (exact) mass is 238 g/mol. The van der Waals surface area contributed by atoms with Gasteiger partial charge in [0.25, 0.3) is 0 Å². The lowest BCUT2D eigenvalue weighted by molar-refractivity contribution is 0.416. The standard InChI is InChI=1S/C15H14N2O/c1-17-10-13(12-7-5-9-16-15(12)17)11-6-3-4-8-14(11)18-2/h3-10H,1-2H3. The van der Waals surface area contributed by atoms with Gasteiger partial charge in [0.05, 0.1) is 7.11 Å². The van der Waals surface area contributed by atoms with Crippen molar-refractivity contribution in [3.8, 4) is 16.9 Å². The summed E-state index contributed by atoms with van der Waals surface area (Å²) in [5.41, 5.74) is 3.23. The highest BCUT2D eigenvalue weighted by Gasteiger charge is 2.12. The lowest BCUT2D eigenvalue weighted by atomic mass is 10.1. The Morgan fingerprint density at radius 1 is 1.06 bits per heavy atom. The topological polar surface area (TPSA) is 27.1 Å². The molecule has 0 fully saturated rings. The molecule has 18 heavy (non-hydrogen) atoms. The summed E-state index contributed by atoms with van der Waals surface area (Å²) in [5, 5.41) is 1.14. The fraction of sp³-hybridized carbons (Fsp3) is 0.133. The number of aromatic nitrogens is 2. The molecule has 2 heterocycles. The first-order valence-electron chi connectivity index (χ1n) is 5.84. The number of aryl methyl sites for hydroxylation is 1. The van der Waals surface area contributed by atoms with Crippen LogP contribution in [0.5, 0.6) is 5.75 Å². The minimum atomic E-state index is 0.883. The third-order valence-electron chi connectivity index (χ3n) is 3.13. The van der Waals surface area contributed by atoms with Crippen molar-refractivity contribution in [2.75, 3.05) is 7.11 Å². The van der Waals surface area contributed by atoms with Gasteiger partial charge in [-0.05, 0) is 18.2 Å². The summed E-state index contributed by atoms with van der Waals surface area (Å²) >= 11 is 0. The first-order valence-corrected chi connectivity index (χ1v) is 5.84. The van der Waals surface area contributed by atoms with Gasteiger partial charge in [-0.2, -0.15) is 0 Å². The minimum Gasteiger partial charge on any atom is -0.496 e. The molecule has 0 amide bonds. The van der Waals surface area contributed by atoms with Crippen molar-refractivity contribution in [3.63, 3.8) is 0 Å². The van der Waals surface area contributed by atoms with Gasteiger partial charge in [-0.25, -0.2) is 4.98 Å².